The van der Waals surface area contributed by atoms with Crippen molar-refractivity contribution in [1.29, 1.82) is 0 Å². The second-order valence-corrected chi connectivity index (χ2v) is 7.41. The Kier molecular flexibility index (Phi) is 5.17. The summed E-state index contributed by atoms with van der Waals surface area (Å²) in [6, 6.07) is 6.34. The maximum atomic E-state index is 12.3. The van der Waals surface area contributed by atoms with Gasteiger partial charge in [-0.1, -0.05) is 23.7 Å². The first-order valence-corrected chi connectivity index (χ1v) is 9.87. The first-order chi connectivity index (χ1) is 13.6. The molecule has 3 aromatic rings. The molecule has 7 heteroatoms. The molecule has 4 rings (SSSR count). The molecule has 1 amide bonds. The Morgan fingerprint density at radius 3 is 3.00 bits per heavy atom. The van der Waals surface area contributed by atoms with Crippen LogP contribution in [0.4, 0.5) is 0 Å². The fourth-order valence-electron chi connectivity index (χ4n) is 3.76. The van der Waals surface area contributed by atoms with Crippen LogP contribution < -0.4 is 0 Å². The number of carbonyl (C=O) groups excluding carboxylic acids is 1. The van der Waals surface area contributed by atoms with Crippen LogP contribution >= 0.6 is 0 Å². The van der Waals surface area contributed by atoms with Crippen LogP contribution in [0.15, 0.2) is 22.7 Å². The quantitative estimate of drug-likeness (QED) is 0.707. The molecule has 7 nitrogen and oxygen atoms in total. The molecule has 0 saturated carbocycles. The summed E-state index contributed by atoms with van der Waals surface area (Å²) in [7, 11) is 1.79. The van der Waals surface area contributed by atoms with Gasteiger partial charge >= 0.3 is 0 Å². The van der Waals surface area contributed by atoms with Crippen molar-refractivity contribution in [2.75, 3.05) is 20.2 Å². The van der Waals surface area contributed by atoms with Gasteiger partial charge in [0.15, 0.2) is 5.82 Å². The van der Waals surface area contributed by atoms with Gasteiger partial charge in [-0.05, 0) is 43.9 Å². The zero-order valence-electron chi connectivity index (χ0n) is 16.6. The van der Waals surface area contributed by atoms with E-state index < -0.39 is 0 Å². The molecule has 0 unspecified atom stereocenters. The van der Waals surface area contributed by atoms with Crippen LogP contribution in [-0.4, -0.2) is 52.2 Å². The van der Waals surface area contributed by atoms with Crippen LogP contribution in [-0.2, 0) is 22.4 Å². The maximum absolute atomic E-state index is 12.3. The number of rotatable bonds is 6. The lowest BCUT2D eigenvalue weighted by molar-refractivity contribution is -0.139. The number of fused-ring (bicyclic) bond motifs is 1. The summed E-state index contributed by atoms with van der Waals surface area (Å²) in [5.41, 5.74) is 4.35. The molecule has 1 N–H and O–H groups in total. The van der Waals surface area contributed by atoms with Gasteiger partial charge in [-0.15, -0.1) is 0 Å². The van der Waals surface area contributed by atoms with E-state index in [0.29, 0.717) is 31.3 Å². The van der Waals surface area contributed by atoms with Crippen molar-refractivity contribution in [2.45, 2.75) is 45.6 Å². The van der Waals surface area contributed by atoms with E-state index in [1.165, 1.54) is 16.5 Å². The minimum Gasteiger partial charge on any atom is -0.368 e. The summed E-state index contributed by atoms with van der Waals surface area (Å²) in [6.45, 7) is 5.41. The molecule has 0 spiro atoms. The summed E-state index contributed by atoms with van der Waals surface area (Å²) in [6.07, 6.45) is 2.86. The van der Waals surface area contributed by atoms with Crippen LogP contribution in [0.25, 0.3) is 22.5 Å². The second-order valence-electron chi connectivity index (χ2n) is 7.41. The van der Waals surface area contributed by atoms with Gasteiger partial charge in [0.05, 0.1) is 0 Å². The van der Waals surface area contributed by atoms with Gasteiger partial charge in [0.1, 0.15) is 11.8 Å². The van der Waals surface area contributed by atoms with Crippen molar-refractivity contribution >= 4 is 16.8 Å². The van der Waals surface area contributed by atoms with Crippen molar-refractivity contribution in [3.63, 3.8) is 0 Å². The zero-order valence-corrected chi connectivity index (χ0v) is 16.6. The Morgan fingerprint density at radius 2 is 2.25 bits per heavy atom. The summed E-state index contributed by atoms with van der Waals surface area (Å²) >= 11 is 0. The van der Waals surface area contributed by atoms with Crippen LogP contribution in [0.3, 0.4) is 0 Å². The summed E-state index contributed by atoms with van der Waals surface area (Å²) in [4.78, 5) is 22.0. The molecule has 1 aromatic carbocycles. The number of hydrogen-bond acceptors (Lipinski definition) is 5. The van der Waals surface area contributed by atoms with Crippen molar-refractivity contribution in [3.8, 4) is 11.6 Å². The fraction of sp³-hybridized carbons (Fsp3) is 0.476. The van der Waals surface area contributed by atoms with Crippen LogP contribution in [0.1, 0.15) is 36.7 Å². The molecule has 3 heterocycles. The van der Waals surface area contributed by atoms with Crippen molar-refractivity contribution in [3.05, 3.63) is 35.2 Å². The van der Waals surface area contributed by atoms with Crippen LogP contribution in [0, 0.1) is 6.92 Å². The predicted molar refractivity (Wildman–Crippen MR) is 106 cm³/mol. The number of nitrogens with zero attached hydrogens (tertiary/aromatic N) is 3. The van der Waals surface area contributed by atoms with E-state index in [0.717, 1.165) is 30.5 Å². The number of benzene rings is 1. The molecule has 0 aliphatic carbocycles. The third-order valence-electron chi connectivity index (χ3n) is 5.35. The van der Waals surface area contributed by atoms with E-state index in [9.17, 15) is 4.79 Å². The minimum atomic E-state index is -0.298. The summed E-state index contributed by atoms with van der Waals surface area (Å²) in [5.74, 6) is 1.12. The number of aryl methyl sites for hydroxylation is 2. The highest BCUT2D eigenvalue weighted by atomic mass is 16.5. The van der Waals surface area contributed by atoms with Gasteiger partial charge in [-0.3, -0.25) is 4.79 Å². The number of aromatic amines is 1. The molecule has 148 valence electrons. The van der Waals surface area contributed by atoms with Gasteiger partial charge in [0.25, 0.3) is 11.8 Å². The summed E-state index contributed by atoms with van der Waals surface area (Å²) < 4.78 is 11.0. The SMILES string of the molecule is CCc1c(-c2nc(CCN(C)C(=O)[C@@H]3CCCO3)no2)[nH]c2ccc(C)cc12. The molecule has 1 saturated heterocycles. The topological polar surface area (TPSA) is 84.2 Å². The Bertz CT molecular complexity index is 985. The van der Waals surface area contributed by atoms with E-state index in [4.69, 9.17) is 9.26 Å². The number of H-pyrrole nitrogens is 1. The van der Waals surface area contributed by atoms with Gasteiger partial charge < -0.3 is 19.1 Å². The molecule has 1 atom stereocenters. The smallest absolute Gasteiger partial charge is 0.274 e. The normalized spacial score (nSPS) is 16.8. The number of nitrogens with one attached hydrogen (secondary N) is 1. The van der Waals surface area contributed by atoms with Gasteiger partial charge in [0.2, 0.25) is 0 Å². The van der Waals surface area contributed by atoms with Gasteiger partial charge in [0, 0.05) is 37.5 Å². The van der Waals surface area contributed by atoms with Gasteiger partial charge in [-0.25, -0.2) is 0 Å². The number of amides is 1. The molecular weight excluding hydrogens is 356 g/mol. The molecular formula is C21H26N4O3. The number of aromatic nitrogens is 3. The van der Waals surface area contributed by atoms with Crippen LogP contribution in [0.5, 0.6) is 0 Å². The van der Waals surface area contributed by atoms with Crippen LogP contribution in [0.2, 0.25) is 0 Å². The Hall–Kier alpha value is -2.67. The summed E-state index contributed by atoms with van der Waals surface area (Å²) in [5, 5.41) is 5.30. The van der Waals surface area contributed by atoms with E-state index in [1.807, 2.05) is 0 Å². The predicted octanol–water partition coefficient (Wildman–Crippen LogP) is 3.27. The molecule has 1 aliphatic rings. The van der Waals surface area contributed by atoms with E-state index >= 15 is 0 Å². The average Bonchev–Trinajstić information content (AvgIpc) is 3.44. The molecule has 0 bridgehead atoms. The number of likely N-dealkylation sites (N-methyl/N-ethyl adjacent to an activating group) is 1. The molecule has 2 aromatic heterocycles. The second kappa shape index (κ2) is 7.75. The fourth-order valence-corrected chi connectivity index (χ4v) is 3.76. The van der Waals surface area contributed by atoms with E-state index in [1.54, 1.807) is 11.9 Å². The largest absolute Gasteiger partial charge is 0.368 e. The standard InChI is InChI=1S/C21H26N4O3/c1-4-14-15-12-13(2)7-8-16(15)22-19(14)20-23-18(24-28-20)9-10-25(3)21(26)17-6-5-11-27-17/h7-8,12,17,22H,4-6,9-11H2,1-3H3/t17-/m0/s1. The third-order valence-corrected chi connectivity index (χ3v) is 5.35. The molecule has 1 fully saturated rings. The van der Waals surface area contributed by atoms with Crippen molar-refractivity contribution < 1.29 is 14.1 Å². The molecule has 1 aliphatic heterocycles. The minimum absolute atomic E-state index is 0.0282. The average molecular weight is 382 g/mol. The highest BCUT2D eigenvalue weighted by molar-refractivity contribution is 5.90. The van der Waals surface area contributed by atoms with Crippen molar-refractivity contribution in [2.24, 2.45) is 0 Å². The first kappa shape index (κ1) is 18.7. The van der Waals surface area contributed by atoms with E-state index in [-0.39, 0.29) is 12.0 Å². The molecule has 28 heavy (non-hydrogen) atoms. The Morgan fingerprint density at radius 1 is 1.39 bits per heavy atom. The third kappa shape index (κ3) is 3.54. The van der Waals surface area contributed by atoms with Crippen molar-refractivity contribution in [1.82, 2.24) is 20.0 Å². The maximum Gasteiger partial charge on any atom is 0.274 e. The van der Waals surface area contributed by atoms with E-state index in [2.05, 4.69) is 47.2 Å². The first-order valence-electron chi connectivity index (χ1n) is 9.87. The number of carbonyl (C=O) groups is 1. The molecule has 0 radical (unpaired) electrons. The van der Waals surface area contributed by atoms with Gasteiger partial charge in [-0.2, -0.15) is 4.98 Å². The lowest BCUT2D eigenvalue weighted by Crippen LogP contribution is -2.37. The Balaban J connectivity index is 1.48. The lowest BCUT2D eigenvalue weighted by atomic mass is 10.1. The lowest BCUT2D eigenvalue weighted by Gasteiger charge is -2.19. The Labute approximate surface area is 164 Å². The highest BCUT2D eigenvalue weighted by Gasteiger charge is 2.26. The number of hydrogen-bond donors (Lipinski definition) is 1. The zero-order chi connectivity index (χ0) is 19.7. The monoisotopic (exact) mass is 382 g/mol. The highest BCUT2D eigenvalue weighted by Crippen LogP contribution is 2.30. The number of ether oxygens (including phenoxy) is 1.